The Morgan fingerprint density at radius 3 is 2.69 bits per heavy atom. The number of rotatable bonds is 2. The predicted octanol–water partition coefficient (Wildman–Crippen LogP) is 2.39. The SMILES string of the molecule is Cc1cc(C(F)F)c(I)c(CN)n1. The molecule has 0 aliphatic carbocycles. The molecule has 2 N–H and O–H groups in total. The monoisotopic (exact) mass is 298 g/mol. The van der Waals surface area contributed by atoms with Crippen LogP contribution < -0.4 is 5.73 Å². The Morgan fingerprint density at radius 1 is 1.62 bits per heavy atom. The minimum Gasteiger partial charge on any atom is -0.325 e. The predicted molar refractivity (Wildman–Crippen MR) is 54.5 cm³/mol. The number of nitrogens with zero attached hydrogens (tertiary/aromatic N) is 1. The Labute approximate surface area is 88.7 Å². The largest absolute Gasteiger partial charge is 0.325 e. The van der Waals surface area contributed by atoms with Crippen LogP contribution in [-0.2, 0) is 6.54 Å². The van der Waals surface area contributed by atoms with Crippen LogP contribution in [0.1, 0.15) is 23.4 Å². The number of hydrogen-bond donors (Lipinski definition) is 1. The van der Waals surface area contributed by atoms with E-state index in [1.54, 1.807) is 6.92 Å². The van der Waals surface area contributed by atoms with E-state index in [1.807, 2.05) is 22.6 Å². The molecule has 0 saturated carbocycles. The first-order valence-corrected chi connectivity index (χ1v) is 4.78. The van der Waals surface area contributed by atoms with Crippen molar-refractivity contribution in [3.63, 3.8) is 0 Å². The lowest BCUT2D eigenvalue weighted by atomic mass is 10.2. The van der Waals surface area contributed by atoms with Crippen molar-refractivity contribution < 1.29 is 8.78 Å². The summed E-state index contributed by atoms with van der Waals surface area (Å²) in [5.41, 5.74) is 6.52. The minimum absolute atomic E-state index is 0.0218. The third kappa shape index (κ3) is 2.34. The van der Waals surface area contributed by atoms with E-state index in [2.05, 4.69) is 4.98 Å². The Bertz CT molecular complexity index is 315. The number of halogens is 3. The molecule has 1 aromatic heterocycles. The van der Waals surface area contributed by atoms with Gasteiger partial charge < -0.3 is 5.73 Å². The summed E-state index contributed by atoms with van der Waals surface area (Å²) >= 11 is 1.85. The summed E-state index contributed by atoms with van der Waals surface area (Å²) in [6.07, 6.45) is -2.46. The quantitative estimate of drug-likeness (QED) is 0.852. The second kappa shape index (κ2) is 4.28. The molecule has 0 aliphatic rings. The van der Waals surface area contributed by atoms with E-state index in [0.717, 1.165) is 0 Å². The molecule has 0 bridgehead atoms. The molecule has 0 radical (unpaired) electrons. The fraction of sp³-hybridized carbons (Fsp3) is 0.375. The summed E-state index contributed by atoms with van der Waals surface area (Å²) in [5, 5.41) is 0. The van der Waals surface area contributed by atoms with Gasteiger partial charge in [0, 0.05) is 21.4 Å². The maximum Gasteiger partial charge on any atom is 0.265 e. The number of aryl methyl sites for hydroxylation is 1. The lowest BCUT2D eigenvalue weighted by Gasteiger charge is -2.08. The van der Waals surface area contributed by atoms with Gasteiger partial charge in [-0.25, -0.2) is 8.78 Å². The van der Waals surface area contributed by atoms with Gasteiger partial charge in [-0.2, -0.15) is 0 Å². The molecule has 5 heteroatoms. The highest BCUT2D eigenvalue weighted by molar-refractivity contribution is 14.1. The second-order valence-electron chi connectivity index (χ2n) is 2.62. The van der Waals surface area contributed by atoms with Crippen LogP contribution in [0.15, 0.2) is 6.07 Å². The summed E-state index contributed by atoms with van der Waals surface area (Å²) in [7, 11) is 0. The number of hydrogen-bond acceptors (Lipinski definition) is 2. The second-order valence-corrected chi connectivity index (χ2v) is 3.70. The van der Waals surface area contributed by atoms with Gasteiger partial charge in [-0.3, -0.25) is 4.98 Å². The van der Waals surface area contributed by atoms with E-state index in [9.17, 15) is 8.78 Å². The van der Waals surface area contributed by atoms with Crippen molar-refractivity contribution >= 4 is 22.6 Å². The smallest absolute Gasteiger partial charge is 0.265 e. The molecule has 0 amide bonds. The zero-order chi connectivity index (χ0) is 10.0. The lowest BCUT2D eigenvalue weighted by Crippen LogP contribution is -2.06. The molecular formula is C8H9F2IN2. The average Bonchev–Trinajstić information content (AvgIpc) is 2.08. The molecule has 0 atom stereocenters. The van der Waals surface area contributed by atoms with Crippen LogP contribution in [0.3, 0.4) is 0 Å². The van der Waals surface area contributed by atoms with Crippen molar-refractivity contribution in [3.05, 3.63) is 26.6 Å². The summed E-state index contributed by atoms with van der Waals surface area (Å²) in [6.45, 7) is 1.88. The first-order valence-electron chi connectivity index (χ1n) is 3.70. The van der Waals surface area contributed by atoms with Crippen molar-refractivity contribution in [2.24, 2.45) is 5.73 Å². The molecule has 1 rings (SSSR count). The Balaban J connectivity index is 3.27. The maximum absolute atomic E-state index is 12.5. The van der Waals surface area contributed by atoms with Crippen LogP contribution in [0.25, 0.3) is 0 Å². The van der Waals surface area contributed by atoms with Crippen LogP contribution in [0.2, 0.25) is 0 Å². The summed E-state index contributed by atoms with van der Waals surface area (Å²) in [6, 6.07) is 1.39. The number of pyridine rings is 1. The van der Waals surface area contributed by atoms with E-state index in [4.69, 9.17) is 5.73 Å². The first-order chi connectivity index (χ1) is 6.06. The molecule has 0 fully saturated rings. The number of nitrogens with two attached hydrogens (primary N) is 1. The summed E-state index contributed by atoms with van der Waals surface area (Å²) in [5.74, 6) is 0. The van der Waals surface area contributed by atoms with Crippen molar-refractivity contribution in [1.29, 1.82) is 0 Å². The lowest BCUT2D eigenvalue weighted by molar-refractivity contribution is 0.150. The molecule has 2 nitrogen and oxygen atoms in total. The maximum atomic E-state index is 12.5. The molecule has 13 heavy (non-hydrogen) atoms. The number of alkyl halides is 2. The molecular weight excluding hydrogens is 289 g/mol. The van der Waals surface area contributed by atoms with Gasteiger partial charge in [0.25, 0.3) is 6.43 Å². The van der Waals surface area contributed by atoms with Gasteiger partial charge in [-0.1, -0.05) is 0 Å². The third-order valence-electron chi connectivity index (χ3n) is 1.61. The summed E-state index contributed by atoms with van der Waals surface area (Å²) < 4.78 is 25.4. The van der Waals surface area contributed by atoms with Crippen molar-refractivity contribution in [2.45, 2.75) is 19.9 Å². The molecule has 72 valence electrons. The van der Waals surface area contributed by atoms with Crippen molar-refractivity contribution in [2.75, 3.05) is 0 Å². The summed E-state index contributed by atoms with van der Waals surface area (Å²) in [4.78, 5) is 4.07. The van der Waals surface area contributed by atoms with Gasteiger partial charge in [-0.05, 0) is 35.6 Å². The highest BCUT2D eigenvalue weighted by atomic mass is 127. The fourth-order valence-electron chi connectivity index (χ4n) is 1.04. The van der Waals surface area contributed by atoms with Crippen LogP contribution in [0.4, 0.5) is 8.78 Å². The normalized spacial score (nSPS) is 10.9. The van der Waals surface area contributed by atoms with Crippen molar-refractivity contribution in [3.8, 4) is 0 Å². The highest BCUT2D eigenvalue weighted by Gasteiger charge is 2.15. The Morgan fingerprint density at radius 2 is 2.23 bits per heavy atom. The van der Waals surface area contributed by atoms with E-state index >= 15 is 0 Å². The van der Waals surface area contributed by atoms with Gasteiger partial charge >= 0.3 is 0 Å². The Hall–Kier alpha value is -0.300. The van der Waals surface area contributed by atoms with Gasteiger partial charge in [0.15, 0.2) is 0 Å². The first kappa shape index (κ1) is 10.8. The standard InChI is InChI=1S/C8H9F2IN2/c1-4-2-5(8(9)10)7(11)6(3-12)13-4/h2,8H,3,12H2,1H3. The minimum atomic E-state index is -2.46. The fourth-order valence-corrected chi connectivity index (χ4v) is 1.78. The molecule has 0 aliphatic heterocycles. The van der Waals surface area contributed by atoms with E-state index < -0.39 is 6.43 Å². The van der Waals surface area contributed by atoms with Gasteiger partial charge in [0.1, 0.15) is 0 Å². The van der Waals surface area contributed by atoms with Crippen LogP contribution in [0, 0.1) is 10.5 Å². The molecule has 0 aromatic carbocycles. The topological polar surface area (TPSA) is 38.9 Å². The van der Waals surface area contributed by atoms with E-state index in [-0.39, 0.29) is 12.1 Å². The van der Waals surface area contributed by atoms with Gasteiger partial charge in [0.2, 0.25) is 0 Å². The zero-order valence-corrected chi connectivity index (χ0v) is 9.18. The van der Waals surface area contributed by atoms with Gasteiger partial charge in [-0.15, -0.1) is 0 Å². The highest BCUT2D eigenvalue weighted by Crippen LogP contribution is 2.26. The Kier molecular flexibility index (Phi) is 3.55. The van der Waals surface area contributed by atoms with Crippen LogP contribution in [0.5, 0.6) is 0 Å². The molecule has 0 spiro atoms. The molecule has 1 aromatic rings. The number of aromatic nitrogens is 1. The molecule has 0 unspecified atom stereocenters. The zero-order valence-electron chi connectivity index (χ0n) is 7.02. The van der Waals surface area contributed by atoms with Crippen LogP contribution in [-0.4, -0.2) is 4.98 Å². The average molecular weight is 298 g/mol. The van der Waals surface area contributed by atoms with Gasteiger partial charge in [0.05, 0.1) is 5.69 Å². The molecule has 1 heterocycles. The van der Waals surface area contributed by atoms with E-state index in [1.165, 1.54) is 6.07 Å². The van der Waals surface area contributed by atoms with E-state index in [0.29, 0.717) is 15.0 Å². The third-order valence-corrected chi connectivity index (χ3v) is 2.86. The van der Waals surface area contributed by atoms with Crippen molar-refractivity contribution in [1.82, 2.24) is 4.98 Å². The molecule has 0 saturated heterocycles. The van der Waals surface area contributed by atoms with Crippen LogP contribution >= 0.6 is 22.6 Å².